The molecule has 1 fully saturated rings. The largest absolute Gasteiger partial charge is 0.497 e. The van der Waals surface area contributed by atoms with Crippen LogP contribution in [-0.4, -0.2) is 60.4 Å². The molecular weight excluding hydrogens is 624 g/mol. The van der Waals surface area contributed by atoms with Gasteiger partial charge in [0.2, 0.25) is 0 Å². The number of ether oxygens (including phenoxy) is 2. The predicted molar refractivity (Wildman–Crippen MR) is 172 cm³/mol. The molecule has 3 aromatic carbocycles. The first-order valence-electron chi connectivity index (χ1n) is 14.4. The molecule has 0 aliphatic carbocycles. The van der Waals surface area contributed by atoms with Gasteiger partial charge in [-0.15, -0.1) is 23.1 Å². The van der Waals surface area contributed by atoms with Gasteiger partial charge in [-0.25, -0.2) is 9.78 Å². The highest BCUT2D eigenvalue weighted by Gasteiger charge is 2.30. The third-order valence-corrected chi connectivity index (χ3v) is 9.92. The maximum atomic E-state index is 13.2. The number of carboxylic acids is 1. The fourth-order valence-electron chi connectivity index (χ4n) is 4.96. The molecule has 7 nitrogen and oxygen atoms in total. The van der Waals surface area contributed by atoms with Crippen LogP contribution in [0.5, 0.6) is 11.5 Å². The van der Waals surface area contributed by atoms with Gasteiger partial charge in [0.25, 0.3) is 0 Å². The molecule has 45 heavy (non-hydrogen) atoms. The van der Waals surface area contributed by atoms with Crippen LogP contribution in [0.1, 0.15) is 28.6 Å². The Bertz CT molecular complexity index is 1620. The van der Waals surface area contributed by atoms with E-state index in [1.165, 1.54) is 30.4 Å². The van der Waals surface area contributed by atoms with Crippen molar-refractivity contribution in [1.82, 2.24) is 9.88 Å². The Morgan fingerprint density at radius 2 is 1.80 bits per heavy atom. The third-order valence-electron chi connectivity index (χ3n) is 7.57. The molecule has 4 aromatic rings. The fraction of sp³-hybridized carbons (Fsp3) is 0.333. The van der Waals surface area contributed by atoms with E-state index in [9.17, 15) is 18.0 Å². The van der Waals surface area contributed by atoms with Crippen LogP contribution in [0.3, 0.4) is 0 Å². The fourth-order valence-corrected chi connectivity index (χ4v) is 7.13. The number of aromatic nitrogens is 1. The summed E-state index contributed by atoms with van der Waals surface area (Å²) in [7, 11) is 1.66. The molecule has 5 rings (SSSR count). The van der Waals surface area contributed by atoms with Gasteiger partial charge in [-0.1, -0.05) is 18.2 Å². The average molecular weight is 658 g/mol. The molecule has 1 atom stereocenters. The van der Waals surface area contributed by atoms with Gasteiger partial charge in [0.1, 0.15) is 16.5 Å². The van der Waals surface area contributed by atoms with E-state index in [4.69, 9.17) is 19.6 Å². The summed E-state index contributed by atoms with van der Waals surface area (Å²) in [5, 5.41) is 9.85. The van der Waals surface area contributed by atoms with Gasteiger partial charge in [-0.05, 0) is 61.9 Å². The summed E-state index contributed by atoms with van der Waals surface area (Å²) in [6.07, 6.45) is -5.35. The smallest absolute Gasteiger partial charge is 0.416 e. The number of hydrogen-bond acceptors (Lipinski definition) is 8. The second kappa shape index (κ2) is 14.1. The molecule has 0 radical (unpaired) electrons. The number of nitrogens with zero attached hydrogens (tertiary/aromatic N) is 3. The zero-order chi connectivity index (χ0) is 32.1. The zero-order valence-electron chi connectivity index (χ0n) is 25.1. The average Bonchev–Trinajstić information content (AvgIpc) is 3.43. The van der Waals surface area contributed by atoms with Gasteiger partial charge in [-0.3, -0.25) is 4.90 Å². The highest BCUT2D eigenvalue weighted by Crippen LogP contribution is 2.37. The van der Waals surface area contributed by atoms with E-state index in [1.54, 1.807) is 24.9 Å². The molecule has 0 saturated carbocycles. The van der Waals surface area contributed by atoms with E-state index < -0.39 is 23.8 Å². The summed E-state index contributed by atoms with van der Waals surface area (Å²) >= 11 is 3.12. The van der Waals surface area contributed by atoms with E-state index in [-0.39, 0.29) is 0 Å². The summed E-state index contributed by atoms with van der Waals surface area (Å²) in [6.45, 7) is 7.38. The molecule has 0 spiro atoms. The number of carbonyl (C=O) groups is 1. The number of carboxylic acid groups (broad SMARTS) is 1. The van der Waals surface area contributed by atoms with Crippen molar-refractivity contribution in [3.8, 4) is 22.1 Å². The predicted octanol–water partition coefficient (Wildman–Crippen LogP) is 7.61. The number of halogens is 3. The van der Waals surface area contributed by atoms with Gasteiger partial charge >= 0.3 is 12.1 Å². The zero-order valence-corrected chi connectivity index (χ0v) is 26.8. The normalized spacial score (nSPS) is 14.8. The van der Waals surface area contributed by atoms with E-state index in [0.29, 0.717) is 28.6 Å². The minimum absolute atomic E-state index is 0.519. The first-order valence-corrected chi connectivity index (χ1v) is 16.2. The lowest BCUT2D eigenvalue weighted by atomic mass is 10.1. The number of anilines is 1. The Morgan fingerprint density at radius 3 is 2.44 bits per heavy atom. The van der Waals surface area contributed by atoms with Crippen molar-refractivity contribution < 1.29 is 32.5 Å². The molecule has 2 heterocycles. The molecule has 1 aliphatic rings. The summed E-state index contributed by atoms with van der Waals surface area (Å²) < 4.78 is 50.5. The van der Waals surface area contributed by atoms with Gasteiger partial charge in [-0.2, -0.15) is 13.2 Å². The van der Waals surface area contributed by atoms with Gasteiger partial charge in [0.15, 0.2) is 6.10 Å². The Morgan fingerprint density at radius 1 is 1.07 bits per heavy atom. The van der Waals surface area contributed by atoms with Gasteiger partial charge in [0, 0.05) is 65.6 Å². The SMILES string of the molecule is COc1cccc(N2CCN(Cc3nc(-c4ccc(C(F)(F)F)cc4)sc3CSc3ccc(OC(C)C(=O)O)c(C)c3)CC2)c1. The number of piperazine rings is 1. The third kappa shape index (κ3) is 8.30. The molecule has 1 unspecified atom stereocenters. The van der Waals surface area contributed by atoms with Crippen LogP contribution < -0.4 is 14.4 Å². The number of rotatable bonds is 11. The minimum Gasteiger partial charge on any atom is -0.497 e. The van der Waals surface area contributed by atoms with Crippen LogP contribution in [-0.2, 0) is 23.3 Å². The number of thiazole rings is 1. The molecule has 0 amide bonds. The number of thioether (sulfide) groups is 1. The lowest BCUT2D eigenvalue weighted by Gasteiger charge is -2.36. The van der Waals surface area contributed by atoms with Crippen LogP contribution in [0.25, 0.3) is 10.6 Å². The van der Waals surface area contributed by atoms with Gasteiger partial charge in [0.05, 0.1) is 18.4 Å². The van der Waals surface area contributed by atoms with E-state index >= 15 is 0 Å². The highest BCUT2D eigenvalue weighted by atomic mass is 32.2. The lowest BCUT2D eigenvalue weighted by Crippen LogP contribution is -2.46. The molecular formula is C33H34F3N3O4S2. The summed E-state index contributed by atoms with van der Waals surface area (Å²) in [4.78, 5) is 22.9. The molecule has 0 bridgehead atoms. The molecule has 238 valence electrons. The molecule has 1 N–H and O–H groups in total. The Balaban J connectivity index is 1.32. The van der Waals surface area contributed by atoms with Crippen LogP contribution in [0.4, 0.5) is 18.9 Å². The topological polar surface area (TPSA) is 75.1 Å². The van der Waals surface area contributed by atoms with Crippen molar-refractivity contribution in [1.29, 1.82) is 0 Å². The second-order valence-corrected chi connectivity index (χ2v) is 12.9. The van der Waals surface area contributed by atoms with Crippen molar-refractivity contribution in [3.63, 3.8) is 0 Å². The van der Waals surface area contributed by atoms with Crippen LogP contribution in [0.2, 0.25) is 0 Å². The quantitative estimate of drug-likeness (QED) is 0.165. The van der Waals surface area contributed by atoms with Crippen LogP contribution in [0, 0.1) is 6.92 Å². The Hall–Kier alpha value is -3.74. The van der Waals surface area contributed by atoms with Crippen molar-refractivity contribution in [3.05, 3.63) is 88.4 Å². The van der Waals surface area contributed by atoms with Crippen molar-refractivity contribution in [2.75, 3.05) is 38.2 Å². The first-order chi connectivity index (χ1) is 21.5. The molecule has 12 heteroatoms. The van der Waals surface area contributed by atoms with E-state index in [0.717, 1.165) is 70.8 Å². The van der Waals surface area contributed by atoms with Gasteiger partial charge < -0.3 is 19.5 Å². The van der Waals surface area contributed by atoms with E-state index in [1.807, 2.05) is 37.3 Å². The summed E-state index contributed by atoms with van der Waals surface area (Å²) in [6, 6.07) is 18.8. The van der Waals surface area contributed by atoms with Crippen molar-refractivity contribution in [2.45, 2.75) is 43.3 Å². The number of benzene rings is 3. The number of aliphatic carboxylic acids is 1. The number of hydrogen-bond donors (Lipinski definition) is 1. The molecule has 1 aliphatic heterocycles. The van der Waals surface area contributed by atoms with Crippen molar-refractivity contribution in [2.24, 2.45) is 0 Å². The molecule has 1 saturated heterocycles. The lowest BCUT2D eigenvalue weighted by molar-refractivity contribution is -0.144. The standard InChI is InChI=1S/C33H34F3N3O4S2/c1-21-17-27(11-12-29(21)43-22(2)32(40)41)44-20-30-28(37-31(45-30)23-7-9-24(10-8-23)33(34,35)36)19-38-13-15-39(16-14-38)25-5-4-6-26(18-25)42-3/h4-12,17-18,22H,13-16,19-20H2,1-3H3,(H,40,41). The number of alkyl halides is 3. The van der Waals surface area contributed by atoms with E-state index in [2.05, 4.69) is 15.9 Å². The molecule has 1 aromatic heterocycles. The van der Waals surface area contributed by atoms with Crippen LogP contribution in [0.15, 0.2) is 71.6 Å². The monoisotopic (exact) mass is 657 g/mol. The highest BCUT2D eigenvalue weighted by molar-refractivity contribution is 7.98. The second-order valence-electron chi connectivity index (χ2n) is 10.7. The summed E-state index contributed by atoms with van der Waals surface area (Å²) in [5.41, 5.74) is 2.83. The Labute approximate surface area is 268 Å². The van der Waals surface area contributed by atoms with Crippen LogP contribution >= 0.6 is 23.1 Å². The number of methoxy groups -OCH3 is 1. The maximum absolute atomic E-state index is 13.2. The van der Waals surface area contributed by atoms with Crippen molar-refractivity contribution >= 4 is 34.8 Å². The first kappa shape index (κ1) is 32.6. The summed E-state index contributed by atoms with van der Waals surface area (Å²) in [5.74, 6) is 0.937. The number of aryl methyl sites for hydroxylation is 1. The Kier molecular flexibility index (Phi) is 10.3. The minimum atomic E-state index is -4.40. The maximum Gasteiger partial charge on any atom is 0.416 e.